The molecule has 4 aliphatic heterocycles. The predicted molar refractivity (Wildman–Crippen MR) is 183 cm³/mol. The van der Waals surface area contributed by atoms with Crippen LogP contribution in [0.15, 0.2) is 55.0 Å². The van der Waals surface area contributed by atoms with Crippen LogP contribution in [0, 0.1) is 5.92 Å². The van der Waals surface area contributed by atoms with Crippen LogP contribution in [0.5, 0.6) is 0 Å². The number of carbonyl (C=O) groups excluding carboxylic acids is 4. The summed E-state index contributed by atoms with van der Waals surface area (Å²) < 4.78 is 8.09. The van der Waals surface area contributed by atoms with E-state index >= 15 is 0 Å². The number of nitrogens with one attached hydrogen (secondary N) is 2. The zero-order valence-corrected chi connectivity index (χ0v) is 27.6. The molecule has 4 amide bonds. The minimum Gasteiger partial charge on any atom is -0.385 e. The molecule has 2 aromatic carbocycles. The van der Waals surface area contributed by atoms with E-state index in [0.29, 0.717) is 24.2 Å². The Morgan fingerprint density at radius 2 is 1.72 bits per heavy atom. The van der Waals surface area contributed by atoms with Gasteiger partial charge in [0.1, 0.15) is 6.04 Å². The maximum atomic E-state index is 13.1. The van der Waals surface area contributed by atoms with Gasteiger partial charge in [0.15, 0.2) is 0 Å². The summed E-state index contributed by atoms with van der Waals surface area (Å²) in [7, 11) is 0. The summed E-state index contributed by atoms with van der Waals surface area (Å²) in [4.78, 5) is 63.0. The molecule has 13 heteroatoms. The molecular weight excluding hydrogens is 636 g/mol. The predicted octanol–water partition coefficient (Wildman–Crippen LogP) is 4.11. The van der Waals surface area contributed by atoms with Crippen molar-refractivity contribution in [1.29, 1.82) is 0 Å². The minimum atomic E-state index is -0.965. The molecule has 256 valence electrons. The van der Waals surface area contributed by atoms with E-state index in [1.807, 2.05) is 12.4 Å². The van der Waals surface area contributed by atoms with E-state index in [9.17, 15) is 19.2 Å². The molecule has 13 nitrogen and oxygen atoms in total. The first-order valence-corrected chi connectivity index (χ1v) is 17.7. The lowest BCUT2D eigenvalue weighted by atomic mass is 9.77. The number of piperidine rings is 1. The smallest absolute Gasteiger partial charge is 0.262 e. The van der Waals surface area contributed by atoms with Crippen LogP contribution in [0.3, 0.4) is 0 Å². The summed E-state index contributed by atoms with van der Waals surface area (Å²) in [6, 6.07) is 10.9. The Labute approximate surface area is 288 Å². The number of amides is 4. The van der Waals surface area contributed by atoms with Gasteiger partial charge < -0.3 is 15.0 Å². The third kappa shape index (κ3) is 5.59. The van der Waals surface area contributed by atoms with Crippen molar-refractivity contribution < 1.29 is 23.9 Å². The summed E-state index contributed by atoms with van der Waals surface area (Å²) in [6.45, 7) is 2.59. The molecule has 3 atom stereocenters. The monoisotopic (exact) mass is 674 g/mol. The lowest BCUT2D eigenvalue weighted by molar-refractivity contribution is -0.136. The normalized spacial score (nSPS) is 26.0. The van der Waals surface area contributed by atoms with Gasteiger partial charge in [0.25, 0.3) is 11.8 Å². The first-order valence-electron chi connectivity index (χ1n) is 17.7. The number of hydrogen-bond donors (Lipinski definition) is 2. The molecule has 2 N–H and O–H groups in total. The van der Waals surface area contributed by atoms with Crippen LogP contribution in [0.4, 0.5) is 11.4 Å². The number of anilines is 2. The molecule has 50 heavy (non-hydrogen) atoms. The number of imide groups is 2. The first-order chi connectivity index (χ1) is 24.4. The van der Waals surface area contributed by atoms with Crippen molar-refractivity contribution >= 4 is 46.0 Å². The van der Waals surface area contributed by atoms with Gasteiger partial charge in [-0.25, -0.2) is 4.98 Å². The second kappa shape index (κ2) is 12.3. The Morgan fingerprint density at radius 1 is 0.900 bits per heavy atom. The van der Waals surface area contributed by atoms with Crippen LogP contribution in [-0.2, 0) is 14.3 Å². The molecule has 4 fully saturated rings. The molecule has 2 aromatic heterocycles. The van der Waals surface area contributed by atoms with Crippen molar-refractivity contribution in [2.75, 3.05) is 29.9 Å². The molecule has 9 rings (SSSR count). The van der Waals surface area contributed by atoms with Gasteiger partial charge in [-0.3, -0.25) is 39.1 Å². The van der Waals surface area contributed by atoms with Gasteiger partial charge in [-0.15, -0.1) is 0 Å². The molecule has 3 unspecified atom stereocenters. The number of ether oxygens (including phenoxy) is 1. The number of hydrogen-bond acceptors (Lipinski definition) is 10. The van der Waals surface area contributed by atoms with E-state index in [1.54, 1.807) is 18.2 Å². The molecule has 6 heterocycles. The fourth-order valence-corrected chi connectivity index (χ4v) is 8.19. The van der Waals surface area contributed by atoms with E-state index in [-0.39, 0.29) is 29.9 Å². The van der Waals surface area contributed by atoms with E-state index in [4.69, 9.17) is 14.7 Å². The zero-order valence-electron chi connectivity index (χ0n) is 27.6. The highest BCUT2D eigenvalue weighted by Gasteiger charge is 2.44. The van der Waals surface area contributed by atoms with Crippen LogP contribution < -0.4 is 15.5 Å². The number of morpholine rings is 1. The topological polar surface area (TPSA) is 152 Å². The molecule has 4 aromatic rings. The maximum absolute atomic E-state index is 13.1. The Balaban J connectivity index is 0.762. The fraction of sp³-hybridized carbons (Fsp3) is 0.432. The average Bonchev–Trinajstić information content (AvgIpc) is 3.79. The van der Waals surface area contributed by atoms with Crippen molar-refractivity contribution in [2.24, 2.45) is 5.92 Å². The Kier molecular flexibility index (Phi) is 7.59. The van der Waals surface area contributed by atoms with Crippen molar-refractivity contribution in [1.82, 2.24) is 30.0 Å². The minimum absolute atomic E-state index is 0.0966. The van der Waals surface area contributed by atoms with Crippen LogP contribution in [0.2, 0.25) is 0 Å². The molecule has 0 radical (unpaired) electrons. The number of rotatable bonds is 9. The van der Waals surface area contributed by atoms with Gasteiger partial charge in [-0.2, -0.15) is 5.10 Å². The molecular formula is C37H38N8O5. The third-order valence-corrected chi connectivity index (χ3v) is 11.0. The van der Waals surface area contributed by atoms with Crippen LogP contribution in [0.25, 0.3) is 22.3 Å². The van der Waals surface area contributed by atoms with E-state index < -0.39 is 23.8 Å². The Hall–Kier alpha value is -5.17. The summed E-state index contributed by atoms with van der Waals surface area (Å²) in [6.07, 6.45) is 13.2. The molecule has 1 saturated carbocycles. The highest BCUT2D eigenvalue weighted by Crippen LogP contribution is 2.41. The summed E-state index contributed by atoms with van der Waals surface area (Å²) in [5.41, 5.74) is 6.06. The summed E-state index contributed by atoms with van der Waals surface area (Å²) in [5, 5.41) is 10.3. The van der Waals surface area contributed by atoms with Crippen molar-refractivity contribution in [3.8, 4) is 11.3 Å². The highest BCUT2D eigenvalue weighted by molar-refractivity contribution is 6.23. The molecule has 2 bridgehead atoms. The molecule has 5 aliphatic rings. The van der Waals surface area contributed by atoms with E-state index in [0.717, 1.165) is 91.0 Å². The Morgan fingerprint density at radius 3 is 2.54 bits per heavy atom. The van der Waals surface area contributed by atoms with Crippen molar-refractivity contribution in [3.05, 3.63) is 66.1 Å². The lowest BCUT2D eigenvalue weighted by Gasteiger charge is -2.35. The van der Waals surface area contributed by atoms with Gasteiger partial charge in [0, 0.05) is 49.2 Å². The molecule has 3 saturated heterocycles. The summed E-state index contributed by atoms with van der Waals surface area (Å²) in [5.74, 6) is -1.37. The van der Waals surface area contributed by atoms with Crippen LogP contribution in [-0.4, -0.2) is 86.2 Å². The third-order valence-electron chi connectivity index (χ3n) is 11.0. The zero-order chi connectivity index (χ0) is 33.9. The second-order valence-corrected chi connectivity index (χ2v) is 14.3. The summed E-state index contributed by atoms with van der Waals surface area (Å²) >= 11 is 0. The largest absolute Gasteiger partial charge is 0.385 e. The number of nitrogens with zero attached hydrogens (tertiary/aromatic N) is 6. The molecule has 1 aliphatic carbocycles. The van der Waals surface area contributed by atoms with Gasteiger partial charge >= 0.3 is 0 Å². The van der Waals surface area contributed by atoms with Crippen molar-refractivity contribution in [2.45, 2.75) is 75.7 Å². The average molecular weight is 675 g/mol. The van der Waals surface area contributed by atoms with Gasteiger partial charge in [-0.05, 0) is 87.3 Å². The van der Waals surface area contributed by atoms with E-state index in [2.05, 4.69) is 49.7 Å². The van der Waals surface area contributed by atoms with Gasteiger partial charge in [0.2, 0.25) is 11.8 Å². The number of benzene rings is 2. The quantitative estimate of drug-likeness (QED) is 0.196. The van der Waals surface area contributed by atoms with Crippen LogP contribution in [0.1, 0.15) is 78.1 Å². The van der Waals surface area contributed by atoms with E-state index in [1.165, 1.54) is 5.69 Å². The van der Waals surface area contributed by atoms with Crippen molar-refractivity contribution in [3.63, 3.8) is 0 Å². The Bertz CT molecular complexity index is 2030. The number of fused-ring (bicyclic) bond motifs is 4. The standard InChI is InChI=1S/C37H38N8O5/c46-34-10-9-33(35(47)42-34)45-36(48)28-7-3-23(14-29(28)37(45)49)38-11-1-2-21-12-25(13-21)44-18-22(16-40-44)32-17-39-30-8-4-24(15-31(30)41-32)43-19-26-5-6-27(20-43)50-26/h3-4,7-8,14-18,21,25-27,33,38H,1-2,5-6,9-13,19-20H2,(H,42,46,47)/t21-,25-,26?,27?,33?. The highest BCUT2D eigenvalue weighted by atomic mass is 16.5. The van der Waals surface area contributed by atoms with Gasteiger partial charge in [-0.1, -0.05) is 0 Å². The second-order valence-electron chi connectivity index (χ2n) is 14.3. The number of carbonyl (C=O) groups is 4. The maximum Gasteiger partial charge on any atom is 0.262 e. The van der Waals surface area contributed by atoms with Gasteiger partial charge in [0.05, 0.1) is 58.5 Å². The molecule has 0 spiro atoms. The SMILES string of the molecule is O=C1CCC(N2C(=O)c3ccc(NCCC[C@H]4C[C@H](n5cc(-c6cnc7ccc(N8CC9CCC(C8)O9)cc7n6)cn5)C4)cc3C2=O)C(=O)N1. The van der Waals surface area contributed by atoms with Crippen LogP contribution >= 0.6 is 0 Å². The first kappa shape index (κ1) is 30.9. The number of aromatic nitrogens is 4. The lowest BCUT2D eigenvalue weighted by Crippen LogP contribution is -2.54. The fourth-order valence-electron chi connectivity index (χ4n) is 8.19.